The van der Waals surface area contributed by atoms with E-state index >= 15 is 0 Å². The first kappa shape index (κ1) is 18.5. The van der Waals surface area contributed by atoms with Gasteiger partial charge in [0.05, 0.1) is 0 Å². The van der Waals surface area contributed by atoms with Gasteiger partial charge in [-0.25, -0.2) is 9.89 Å². The summed E-state index contributed by atoms with van der Waals surface area (Å²) in [5.74, 6) is 1.30. The molecule has 0 radical (unpaired) electrons. The maximum atomic E-state index is 11.6. The van der Waals surface area contributed by atoms with Crippen LogP contribution in [-0.2, 0) is 12.8 Å². The van der Waals surface area contributed by atoms with Gasteiger partial charge in [-0.2, -0.15) is 5.10 Å². The topological polar surface area (TPSA) is 85.9 Å². The van der Waals surface area contributed by atoms with E-state index in [0.29, 0.717) is 17.3 Å². The molecule has 3 N–H and O–H groups in total. The third-order valence-corrected chi connectivity index (χ3v) is 5.04. The van der Waals surface area contributed by atoms with Gasteiger partial charge in [0.1, 0.15) is 11.9 Å². The van der Waals surface area contributed by atoms with Gasteiger partial charge < -0.3 is 5.32 Å². The van der Waals surface area contributed by atoms with Crippen LogP contribution in [0.1, 0.15) is 42.4 Å². The van der Waals surface area contributed by atoms with Crippen molar-refractivity contribution >= 4 is 17.4 Å². The predicted molar refractivity (Wildman–Crippen MR) is 111 cm³/mol. The number of nitrogens with zero attached hydrogens (tertiary/aromatic N) is 2. The SMILES string of the molecule is CC1(C)Cc2cc(Cl)ccc2C(=NC(Cc2ccccc2)c2n[nH]c(=O)[nH]2)N1. The molecule has 3 aromatic rings. The smallest absolute Gasteiger partial charge is 0.340 e. The first-order chi connectivity index (χ1) is 13.4. The summed E-state index contributed by atoms with van der Waals surface area (Å²) in [7, 11) is 0. The van der Waals surface area contributed by atoms with Crippen molar-refractivity contribution in [2.24, 2.45) is 4.99 Å². The Balaban J connectivity index is 1.78. The number of hydrogen-bond donors (Lipinski definition) is 3. The van der Waals surface area contributed by atoms with E-state index in [9.17, 15) is 4.79 Å². The molecule has 0 fully saturated rings. The average Bonchev–Trinajstić information content (AvgIpc) is 3.07. The molecule has 0 bridgehead atoms. The van der Waals surface area contributed by atoms with Crippen molar-refractivity contribution in [3.63, 3.8) is 0 Å². The van der Waals surface area contributed by atoms with E-state index in [4.69, 9.17) is 16.6 Å². The third kappa shape index (κ3) is 4.02. The number of aromatic amines is 2. The summed E-state index contributed by atoms with van der Waals surface area (Å²) in [6, 6.07) is 15.6. The molecule has 0 saturated heterocycles. The van der Waals surface area contributed by atoms with Gasteiger partial charge in [0, 0.05) is 22.5 Å². The molecular formula is C21H22ClN5O. The molecule has 144 valence electrons. The van der Waals surface area contributed by atoms with Crippen LogP contribution in [0.2, 0.25) is 5.02 Å². The zero-order valence-electron chi connectivity index (χ0n) is 15.8. The van der Waals surface area contributed by atoms with Gasteiger partial charge in [-0.15, -0.1) is 0 Å². The lowest BCUT2D eigenvalue weighted by atomic mass is 9.87. The number of halogens is 1. The highest BCUT2D eigenvalue weighted by atomic mass is 35.5. The molecule has 28 heavy (non-hydrogen) atoms. The molecule has 1 unspecified atom stereocenters. The summed E-state index contributed by atoms with van der Waals surface area (Å²) in [6.45, 7) is 4.27. The normalized spacial score (nSPS) is 17.8. The fraction of sp³-hybridized carbons (Fsp3) is 0.286. The van der Waals surface area contributed by atoms with Crippen LogP contribution in [0.4, 0.5) is 0 Å². The Bertz CT molecular complexity index is 1070. The molecule has 0 spiro atoms. The highest BCUT2D eigenvalue weighted by Gasteiger charge is 2.30. The Morgan fingerprint density at radius 2 is 2.00 bits per heavy atom. The highest BCUT2D eigenvalue weighted by Crippen LogP contribution is 2.28. The number of hydrogen-bond acceptors (Lipinski definition) is 3. The largest absolute Gasteiger partial charge is 0.365 e. The quantitative estimate of drug-likeness (QED) is 0.632. The Kier molecular flexibility index (Phi) is 4.81. The van der Waals surface area contributed by atoms with Crippen molar-refractivity contribution in [3.8, 4) is 0 Å². The van der Waals surface area contributed by atoms with Crippen LogP contribution >= 0.6 is 11.6 Å². The fourth-order valence-corrected chi connectivity index (χ4v) is 3.78. The zero-order valence-corrected chi connectivity index (χ0v) is 16.5. The Labute approximate surface area is 168 Å². The van der Waals surface area contributed by atoms with Crippen molar-refractivity contribution in [2.45, 2.75) is 38.3 Å². The van der Waals surface area contributed by atoms with Crippen LogP contribution in [0, 0.1) is 0 Å². The third-order valence-electron chi connectivity index (χ3n) is 4.80. The summed E-state index contributed by atoms with van der Waals surface area (Å²) < 4.78 is 0. The standard InChI is InChI=1S/C21H22ClN5O/c1-21(2)12-14-11-15(22)8-9-16(14)18(25-21)23-17(19-24-20(28)27-26-19)10-13-6-4-3-5-7-13/h3-9,11,17H,10,12H2,1-2H3,(H,23,25)(H2,24,26,27,28). The van der Waals surface area contributed by atoms with Crippen LogP contribution in [0.15, 0.2) is 58.3 Å². The number of rotatable bonds is 4. The molecule has 2 aromatic carbocycles. The molecule has 0 aliphatic carbocycles. The zero-order chi connectivity index (χ0) is 19.7. The summed E-state index contributed by atoms with van der Waals surface area (Å²) >= 11 is 6.22. The maximum Gasteiger partial charge on any atom is 0.340 e. The molecule has 1 atom stereocenters. The molecular weight excluding hydrogens is 374 g/mol. The van der Waals surface area contributed by atoms with Crippen LogP contribution in [-0.4, -0.2) is 26.6 Å². The van der Waals surface area contributed by atoms with Gasteiger partial charge in [-0.3, -0.25) is 9.98 Å². The fourth-order valence-electron chi connectivity index (χ4n) is 3.59. The molecule has 1 aliphatic heterocycles. The maximum absolute atomic E-state index is 11.6. The molecule has 1 aliphatic rings. The summed E-state index contributed by atoms with van der Waals surface area (Å²) in [5, 5.41) is 10.8. The number of benzene rings is 2. The van der Waals surface area contributed by atoms with Crippen LogP contribution in [0.5, 0.6) is 0 Å². The van der Waals surface area contributed by atoms with Gasteiger partial charge in [0.2, 0.25) is 0 Å². The predicted octanol–water partition coefficient (Wildman–Crippen LogP) is 3.41. The minimum absolute atomic E-state index is 0.160. The van der Waals surface area contributed by atoms with Gasteiger partial charge >= 0.3 is 5.69 Å². The number of aromatic nitrogens is 3. The van der Waals surface area contributed by atoms with E-state index in [2.05, 4.69) is 34.3 Å². The van der Waals surface area contributed by atoms with Crippen molar-refractivity contribution in [2.75, 3.05) is 0 Å². The van der Waals surface area contributed by atoms with Crippen molar-refractivity contribution in [3.05, 3.63) is 86.6 Å². The lowest BCUT2D eigenvalue weighted by Crippen LogP contribution is -2.49. The van der Waals surface area contributed by atoms with Gasteiger partial charge in [-0.1, -0.05) is 41.9 Å². The summed E-state index contributed by atoms with van der Waals surface area (Å²) in [4.78, 5) is 19.4. The molecule has 2 heterocycles. The Hall–Kier alpha value is -2.86. The van der Waals surface area contributed by atoms with Crippen molar-refractivity contribution in [1.29, 1.82) is 0 Å². The summed E-state index contributed by atoms with van der Waals surface area (Å²) in [5.41, 5.74) is 2.81. The van der Waals surface area contributed by atoms with Gasteiger partial charge in [0.15, 0.2) is 5.82 Å². The first-order valence-corrected chi connectivity index (χ1v) is 9.61. The van der Waals surface area contributed by atoms with E-state index in [0.717, 1.165) is 28.9 Å². The minimum Gasteiger partial charge on any atom is -0.365 e. The second-order valence-corrected chi connectivity index (χ2v) is 8.17. The highest BCUT2D eigenvalue weighted by molar-refractivity contribution is 6.30. The second-order valence-electron chi connectivity index (χ2n) is 7.73. The van der Waals surface area contributed by atoms with Crippen LogP contribution < -0.4 is 11.0 Å². The summed E-state index contributed by atoms with van der Waals surface area (Å²) in [6.07, 6.45) is 1.47. The van der Waals surface area contributed by atoms with Gasteiger partial charge in [0.25, 0.3) is 0 Å². The van der Waals surface area contributed by atoms with Gasteiger partial charge in [-0.05, 0) is 49.6 Å². The van der Waals surface area contributed by atoms with E-state index in [1.165, 1.54) is 0 Å². The Morgan fingerprint density at radius 3 is 2.71 bits per heavy atom. The van der Waals surface area contributed by atoms with E-state index in [1.54, 1.807) is 0 Å². The lowest BCUT2D eigenvalue weighted by Gasteiger charge is -2.35. The number of amidine groups is 1. The number of aliphatic imine (C=N–C) groups is 1. The molecule has 1 aromatic heterocycles. The molecule has 0 amide bonds. The number of H-pyrrole nitrogens is 2. The molecule has 0 saturated carbocycles. The number of fused-ring (bicyclic) bond motifs is 1. The van der Waals surface area contributed by atoms with E-state index in [1.807, 2.05) is 48.5 Å². The van der Waals surface area contributed by atoms with E-state index in [-0.39, 0.29) is 17.3 Å². The molecule has 4 rings (SSSR count). The van der Waals surface area contributed by atoms with E-state index < -0.39 is 0 Å². The number of nitrogens with one attached hydrogen (secondary N) is 3. The minimum atomic E-state index is -0.336. The first-order valence-electron chi connectivity index (χ1n) is 9.23. The van der Waals surface area contributed by atoms with Crippen LogP contribution in [0.3, 0.4) is 0 Å². The van der Waals surface area contributed by atoms with Crippen molar-refractivity contribution < 1.29 is 0 Å². The molecule has 7 heteroatoms. The Morgan fingerprint density at radius 1 is 1.21 bits per heavy atom. The molecule has 6 nitrogen and oxygen atoms in total. The monoisotopic (exact) mass is 395 g/mol. The van der Waals surface area contributed by atoms with Crippen LogP contribution in [0.25, 0.3) is 0 Å². The lowest BCUT2D eigenvalue weighted by molar-refractivity contribution is 0.445. The average molecular weight is 396 g/mol. The van der Waals surface area contributed by atoms with Crippen molar-refractivity contribution in [1.82, 2.24) is 20.5 Å². The second kappa shape index (κ2) is 7.28.